The van der Waals surface area contributed by atoms with Gasteiger partial charge >= 0.3 is 6.18 Å². The normalized spacial score (nSPS) is 20.2. The van der Waals surface area contributed by atoms with E-state index >= 15 is 0 Å². The fourth-order valence-electron chi connectivity index (χ4n) is 2.61. The molecule has 4 nitrogen and oxygen atoms in total. The van der Waals surface area contributed by atoms with Crippen molar-refractivity contribution in [2.24, 2.45) is 5.10 Å². The number of hydrogen-bond donors (Lipinski definition) is 1. The summed E-state index contributed by atoms with van der Waals surface area (Å²) >= 11 is 11.8. The second-order valence-electron chi connectivity index (χ2n) is 5.64. The van der Waals surface area contributed by atoms with Gasteiger partial charge in [0.15, 0.2) is 5.72 Å². The minimum atomic E-state index is -4.80. The van der Waals surface area contributed by atoms with Crippen molar-refractivity contribution in [3.8, 4) is 0 Å². The molecule has 26 heavy (non-hydrogen) atoms. The van der Waals surface area contributed by atoms with Gasteiger partial charge in [0.25, 0.3) is 5.91 Å². The Morgan fingerprint density at radius 3 is 2.31 bits per heavy atom. The van der Waals surface area contributed by atoms with E-state index in [9.17, 15) is 23.1 Å². The number of rotatable bonds is 2. The summed E-state index contributed by atoms with van der Waals surface area (Å²) in [7, 11) is 0. The van der Waals surface area contributed by atoms with E-state index < -0.39 is 29.9 Å². The molecule has 1 amide bonds. The fourth-order valence-corrected chi connectivity index (χ4v) is 2.95. The van der Waals surface area contributed by atoms with Crippen LogP contribution in [0, 0.1) is 0 Å². The Labute approximate surface area is 156 Å². The van der Waals surface area contributed by atoms with Gasteiger partial charge in [-0.25, -0.2) is 0 Å². The molecule has 136 valence electrons. The van der Waals surface area contributed by atoms with Crippen molar-refractivity contribution < 1.29 is 23.1 Å². The van der Waals surface area contributed by atoms with E-state index in [0.717, 1.165) is 0 Å². The average Bonchev–Trinajstić information content (AvgIpc) is 2.94. The Bertz CT molecular complexity index is 884. The van der Waals surface area contributed by atoms with Crippen LogP contribution in [0.4, 0.5) is 13.2 Å². The lowest BCUT2D eigenvalue weighted by atomic mass is 9.96. The third-order valence-corrected chi connectivity index (χ3v) is 4.50. The van der Waals surface area contributed by atoms with Crippen LogP contribution in [0.3, 0.4) is 0 Å². The molecule has 3 rings (SSSR count). The largest absolute Gasteiger partial charge is 0.431 e. The van der Waals surface area contributed by atoms with Gasteiger partial charge in [-0.05, 0) is 24.3 Å². The third kappa shape index (κ3) is 3.30. The molecular formula is C17H11Cl2F3N2O2. The third-order valence-electron chi connectivity index (χ3n) is 3.92. The Hall–Kier alpha value is -2.09. The summed E-state index contributed by atoms with van der Waals surface area (Å²) in [6, 6.07) is 11.3. The number of amides is 1. The molecule has 0 saturated heterocycles. The van der Waals surface area contributed by atoms with Crippen LogP contribution in [0.15, 0.2) is 53.6 Å². The average molecular weight is 403 g/mol. The smallest absolute Gasteiger partial charge is 0.365 e. The predicted octanol–water partition coefficient (Wildman–Crippen LogP) is 4.60. The minimum absolute atomic E-state index is 0.0339. The van der Waals surface area contributed by atoms with Crippen LogP contribution in [-0.2, 0) is 5.72 Å². The van der Waals surface area contributed by atoms with Crippen LogP contribution in [0.2, 0.25) is 10.0 Å². The van der Waals surface area contributed by atoms with Crippen LogP contribution in [0.1, 0.15) is 22.3 Å². The van der Waals surface area contributed by atoms with E-state index in [1.807, 2.05) is 0 Å². The first kappa shape index (κ1) is 18.7. The van der Waals surface area contributed by atoms with Crippen LogP contribution in [0.5, 0.6) is 0 Å². The Morgan fingerprint density at radius 2 is 1.73 bits per heavy atom. The van der Waals surface area contributed by atoms with Gasteiger partial charge in [0.2, 0.25) is 0 Å². The standard InChI is InChI=1S/C17H11Cl2F3N2O2/c18-11-7-5-10(6-8-11)16(26)9-14(17(20,21)22)23-24(16)15(25)12-3-1-2-4-13(12)19/h1-8,26H,9H2. The molecule has 1 atom stereocenters. The first-order chi connectivity index (χ1) is 12.1. The Balaban J connectivity index is 2.10. The SMILES string of the molecule is O=C(c1ccccc1Cl)N1N=C(C(F)(F)F)CC1(O)c1ccc(Cl)cc1. The monoisotopic (exact) mass is 402 g/mol. The number of hydrogen-bond acceptors (Lipinski definition) is 3. The van der Waals surface area contributed by atoms with Crippen LogP contribution in [0.25, 0.3) is 0 Å². The zero-order valence-corrected chi connectivity index (χ0v) is 14.5. The number of alkyl halides is 3. The highest BCUT2D eigenvalue weighted by Crippen LogP contribution is 2.41. The summed E-state index contributed by atoms with van der Waals surface area (Å²) < 4.78 is 39.5. The molecule has 0 fully saturated rings. The van der Waals surface area contributed by atoms with E-state index in [2.05, 4.69) is 5.10 Å². The highest BCUT2D eigenvalue weighted by molar-refractivity contribution is 6.33. The summed E-state index contributed by atoms with van der Waals surface area (Å²) in [4.78, 5) is 12.8. The summed E-state index contributed by atoms with van der Waals surface area (Å²) in [6.07, 6.45) is -5.70. The molecule has 0 aliphatic carbocycles. The van der Waals surface area contributed by atoms with Crippen LogP contribution in [-0.4, -0.2) is 27.9 Å². The summed E-state index contributed by atoms with van der Waals surface area (Å²) in [5.74, 6) is -0.952. The topological polar surface area (TPSA) is 52.9 Å². The Morgan fingerprint density at radius 1 is 1.12 bits per heavy atom. The highest BCUT2D eigenvalue weighted by Gasteiger charge is 2.53. The zero-order valence-electron chi connectivity index (χ0n) is 13.0. The molecular weight excluding hydrogens is 392 g/mol. The minimum Gasteiger partial charge on any atom is -0.365 e. The van der Waals surface area contributed by atoms with Gasteiger partial charge in [0, 0.05) is 10.6 Å². The van der Waals surface area contributed by atoms with Crippen LogP contribution < -0.4 is 0 Å². The lowest BCUT2D eigenvalue weighted by Crippen LogP contribution is -2.43. The molecule has 0 saturated carbocycles. The summed E-state index contributed by atoms with van der Waals surface area (Å²) in [5.41, 5.74) is -3.61. The fraction of sp³-hybridized carbons (Fsp3) is 0.176. The van der Waals surface area contributed by atoms with Gasteiger partial charge in [0.05, 0.1) is 17.0 Å². The Kier molecular flexibility index (Phi) is 4.72. The lowest BCUT2D eigenvalue weighted by molar-refractivity contribution is -0.0815. The van der Waals surface area contributed by atoms with Crippen LogP contribution >= 0.6 is 23.2 Å². The number of benzene rings is 2. The summed E-state index contributed by atoms with van der Waals surface area (Å²) in [6.45, 7) is 0. The lowest BCUT2D eigenvalue weighted by Gasteiger charge is -2.31. The van der Waals surface area contributed by atoms with E-state index in [-0.39, 0.29) is 16.1 Å². The number of halogens is 5. The summed E-state index contributed by atoms with van der Waals surface area (Å²) in [5, 5.41) is 15.1. The number of nitrogens with zero attached hydrogens (tertiary/aromatic N) is 2. The van der Waals surface area contributed by atoms with Gasteiger partial charge in [-0.15, -0.1) is 0 Å². The van der Waals surface area contributed by atoms with E-state index in [1.165, 1.54) is 42.5 Å². The van der Waals surface area contributed by atoms with Gasteiger partial charge in [0.1, 0.15) is 5.71 Å². The number of carbonyl (C=O) groups is 1. The molecule has 2 aromatic rings. The van der Waals surface area contributed by atoms with Crippen molar-refractivity contribution in [2.45, 2.75) is 18.3 Å². The van der Waals surface area contributed by atoms with Crippen molar-refractivity contribution >= 4 is 34.8 Å². The maximum Gasteiger partial charge on any atom is 0.431 e. The predicted molar refractivity (Wildman–Crippen MR) is 91.1 cm³/mol. The van der Waals surface area contributed by atoms with E-state index in [1.54, 1.807) is 6.07 Å². The molecule has 1 aliphatic heterocycles. The molecule has 2 aromatic carbocycles. The quantitative estimate of drug-likeness (QED) is 0.797. The molecule has 0 aromatic heterocycles. The first-order valence-corrected chi connectivity index (χ1v) is 8.11. The molecule has 0 radical (unpaired) electrons. The number of aliphatic hydroxyl groups is 1. The second-order valence-corrected chi connectivity index (χ2v) is 6.49. The van der Waals surface area contributed by atoms with Gasteiger partial charge < -0.3 is 5.11 Å². The molecule has 1 N–H and O–H groups in total. The zero-order chi connectivity index (χ0) is 19.1. The van der Waals surface area contributed by atoms with Crippen molar-refractivity contribution in [2.75, 3.05) is 0 Å². The van der Waals surface area contributed by atoms with Gasteiger partial charge in [-0.2, -0.15) is 23.3 Å². The molecule has 0 bridgehead atoms. The van der Waals surface area contributed by atoms with Gasteiger partial charge in [-0.1, -0.05) is 47.5 Å². The molecule has 1 aliphatic rings. The molecule has 0 spiro atoms. The molecule has 1 unspecified atom stereocenters. The number of hydrazone groups is 1. The van der Waals surface area contributed by atoms with Crippen molar-refractivity contribution in [3.05, 3.63) is 69.7 Å². The number of carbonyl (C=O) groups excluding carboxylic acids is 1. The van der Waals surface area contributed by atoms with E-state index in [4.69, 9.17) is 23.2 Å². The molecule has 9 heteroatoms. The van der Waals surface area contributed by atoms with Gasteiger partial charge in [-0.3, -0.25) is 4.79 Å². The van der Waals surface area contributed by atoms with Crippen molar-refractivity contribution in [3.63, 3.8) is 0 Å². The maximum atomic E-state index is 13.2. The van der Waals surface area contributed by atoms with E-state index in [0.29, 0.717) is 10.0 Å². The van der Waals surface area contributed by atoms with Crippen molar-refractivity contribution in [1.82, 2.24) is 5.01 Å². The highest BCUT2D eigenvalue weighted by atomic mass is 35.5. The first-order valence-electron chi connectivity index (χ1n) is 7.35. The second kappa shape index (κ2) is 6.57. The maximum absolute atomic E-state index is 13.2. The van der Waals surface area contributed by atoms with Crippen molar-refractivity contribution in [1.29, 1.82) is 0 Å². The molecule has 1 heterocycles.